The Morgan fingerprint density at radius 3 is 2.38 bits per heavy atom. The molecule has 1 amide bonds. The fourth-order valence-corrected chi connectivity index (χ4v) is 2.73. The monoisotopic (exact) mass is 303 g/mol. The molecular weight excluding hydrogens is 277 g/mol. The standard InChI is InChI=1S/C16H27NO3.Na/c1-2-3-4-5-6-7-8-9-12-15(18)17-13-10-11-14(17)16(19)20;/h2,14H,1,3-13H2,(H,19,20);/q;+1/p-1/t14-;/m0./s1. The number of carboxylic acid groups (broad SMARTS) is 1. The second-order valence-electron chi connectivity index (χ2n) is 5.51. The molecule has 0 aromatic rings. The Balaban J connectivity index is 0.00000400. The molecule has 1 rings (SSSR count). The first-order chi connectivity index (χ1) is 9.66. The van der Waals surface area contributed by atoms with Crippen molar-refractivity contribution in [2.24, 2.45) is 0 Å². The minimum atomic E-state index is -1.11. The van der Waals surface area contributed by atoms with Gasteiger partial charge in [0, 0.05) is 13.0 Å². The molecule has 4 nitrogen and oxygen atoms in total. The van der Waals surface area contributed by atoms with Gasteiger partial charge in [-0.1, -0.05) is 31.8 Å². The van der Waals surface area contributed by atoms with Gasteiger partial charge in [-0.3, -0.25) is 4.79 Å². The Morgan fingerprint density at radius 1 is 1.14 bits per heavy atom. The zero-order valence-electron chi connectivity index (χ0n) is 13.3. The van der Waals surface area contributed by atoms with Gasteiger partial charge in [-0.2, -0.15) is 0 Å². The van der Waals surface area contributed by atoms with E-state index in [-0.39, 0.29) is 35.5 Å². The number of nitrogens with zero attached hydrogens (tertiary/aromatic N) is 1. The SMILES string of the molecule is C=CCCCCCCCCC(=O)N1CCC[C@H]1C(=O)[O-].[Na+]. The fraction of sp³-hybridized carbons (Fsp3) is 0.750. The molecule has 1 aliphatic rings. The van der Waals surface area contributed by atoms with Gasteiger partial charge in [0.15, 0.2) is 0 Å². The van der Waals surface area contributed by atoms with E-state index in [1.54, 1.807) is 0 Å². The first-order valence-electron chi connectivity index (χ1n) is 7.78. The van der Waals surface area contributed by atoms with Crippen LogP contribution in [-0.2, 0) is 9.59 Å². The molecule has 1 heterocycles. The Labute approximate surface area is 150 Å². The molecule has 0 aromatic carbocycles. The maximum absolute atomic E-state index is 12.0. The number of hydrogen-bond donors (Lipinski definition) is 0. The fourth-order valence-electron chi connectivity index (χ4n) is 2.73. The molecule has 0 saturated carbocycles. The Morgan fingerprint density at radius 2 is 1.76 bits per heavy atom. The molecule has 0 N–H and O–H groups in total. The normalized spacial score (nSPS) is 17.3. The van der Waals surface area contributed by atoms with Crippen LogP contribution in [0.2, 0.25) is 0 Å². The van der Waals surface area contributed by atoms with Gasteiger partial charge in [-0.05, 0) is 32.1 Å². The number of carbonyl (C=O) groups excluding carboxylic acids is 2. The van der Waals surface area contributed by atoms with Crippen molar-refractivity contribution in [2.45, 2.75) is 70.3 Å². The van der Waals surface area contributed by atoms with E-state index in [1.165, 1.54) is 24.2 Å². The molecule has 0 aliphatic carbocycles. The van der Waals surface area contributed by atoms with Crippen LogP contribution in [0.4, 0.5) is 0 Å². The van der Waals surface area contributed by atoms with Gasteiger partial charge < -0.3 is 14.8 Å². The van der Waals surface area contributed by atoms with E-state index in [9.17, 15) is 14.7 Å². The van der Waals surface area contributed by atoms with Crippen LogP contribution in [0.15, 0.2) is 12.7 Å². The summed E-state index contributed by atoms with van der Waals surface area (Å²) in [7, 11) is 0. The van der Waals surface area contributed by atoms with Gasteiger partial charge in [0.2, 0.25) is 5.91 Å². The first kappa shape index (κ1) is 20.7. The number of amides is 1. The van der Waals surface area contributed by atoms with Gasteiger partial charge in [-0.25, -0.2) is 0 Å². The number of likely N-dealkylation sites (tertiary alicyclic amines) is 1. The molecule has 0 radical (unpaired) electrons. The number of rotatable bonds is 10. The maximum atomic E-state index is 12.0. The van der Waals surface area contributed by atoms with Gasteiger partial charge in [0.05, 0.1) is 12.0 Å². The molecule has 21 heavy (non-hydrogen) atoms. The molecule has 1 aliphatic heterocycles. The largest absolute Gasteiger partial charge is 1.00 e. The van der Waals surface area contributed by atoms with E-state index in [1.807, 2.05) is 6.08 Å². The van der Waals surface area contributed by atoms with E-state index in [0.717, 1.165) is 32.1 Å². The second kappa shape index (κ2) is 12.2. The zero-order valence-corrected chi connectivity index (χ0v) is 15.3. The van der Waals surface area contributed by atoms with E-state index >= 15 is 0 Å². The second-order valence-corrected chi connectivity index (χ2v) is 5.51. The molecule has 0 bridgehead atoms. The van der Waals surface area contributed by atoms with Gasteiger partial charge in [0.25, 0.3) is 0 Å². The van der Waals surface area contributed by atoms with Crippen molar-refractivity contribution in [3.8, 4) is 0 Å². The maximum Gasteiger partial charge on any atom is 1.00 e. The van der Waals surface area contributed by atoms with Crippen molar-refractivity contribution >= 4 is 11.9 Å². The quantitative estimate of drug-likeness (QED) is 0.297. The summed E-state index contributed by atoms with van der Waals surface area (Å²) in [5.74, 6) is -1.14. The number of hydrogen-bond acceptors (Lipinski definition) is 3. The van der Waals surface area contributed by atoms with Crippen molar-refractivity contribution in [3.63, 3.8) is 0 Å². The van der Waals surface area contributed by atoms with Crippen LogP contribution in [-0.4, -0.2) is 29.4 Å². The average Bonchev–Trinajstić information content (AvgIpc) is 2.91. The molecular formula is C16H26NNaO3. The minimum absolute atomic E-state index is 0. The van der Waals surface area contributed by atoms with Crippen molar-refractivity contribution in [2.75, 3.05) is 6.54 Å². The van der Waals surface area contributed by atoms with Gasteiger partial charge >= 0.3 is 29.6 Å². The molecule has 114 valence electrons. The molecule has 5 heteroatoms. The number of carbonyl (C=O) groups is 2. The molecule has 0 unspecified atom stereocenters. The number of unbranched alkanes of at least 4 members (excludes halogenated alkanes) is 6. The van der Waals surface area contributed by atoms with E-state index in [0.29, 0.717) is 19.4 Å². The molecule has 1 atom stereocenters. The van der Waals surface area contributed by atoms with Crippen molar-refractivity contribution in [1.29, 1.82) is 0 Å². The Bertz CT molecular complexity index is 333. The summed E-state index contributed by atoms with van der Waals surface area (Å²) in [5, 5.41) is 10.9. The predicted molar refractivity (Wildman–Crippen MR) is 76.9 cm³/mol. The van der Waals surface area contributed by atoms with E-state index < -0.39 is 12.0 Å². The van der Waals surface area contributed by atoms with Crippen LogP contribution < -0.4 is 34.7 Å². The Hall–Kier alpha value is -0.320. The zero-order chi connectivity index (χ0) is 14.8. The molecule has 1 fully saturated rings. The van der Waals surface area contributed by atoms with Crippen molar-refractivity contribution < 1.29 is 44.3 Å². The number of carboxylic acids is 1. The van der Waals surface area contributed by atoms with E-state index in [2.05, 4.69) is 6.58 Å². The summed E-state index contributed by atoms with van der Waals surface area (Å²) in [6, 6.07) is -0.693. The predicted octanol–water partition coefficient (Wildman–Crippen LogP) is -0.962. The third-order valence-corrected chi connectivity index (χ3v) is 3.89. The Kier molecular flexibility index (Phi) is 12.1. The summed E-state index contributed by atoms with van der Waals surface area (Å²) in [6.07, 6.45) is 11.5. The topological polar surface area (TPSA) is 60.4 Å². The van der Waals surface area contributed by atoms with Gasteiger partial charge in [-0.15, -0.1) is 6.58 Å². The van der Waals surface area contributed by atoms with Crippen LogP contribution in [0, 0.1) is 0 Å². The van der Waals surface area contributed by atoms with Crippen molar-refractivity contribution in [3.05, 3.63) is 12.7 Å². The summed E-state index contributed by atoms with van der Waals surface area (Å²) in [6.45, 7) is 4.26. The van der Waals surface area contributed by atoms with Crippen LogP contribution in [0.3, 0.4) is 0 Å². The van der Waals surface area contributed by atoms with Crippen LogP contribution in [0.1, 0.15) is 64.2 Å². The third-order valence-electron chi connectivity index (χ3n) is 3.89. The van der Waals surface area contributed by atoms with Gasteiger partial charge in [0.1, 0.15) is 0 Å². The number of aliphatic carboxylic acids is 1. The van der Waals surface area contributed by atoms with Crippen molar-refractivity contribution in [1.82, 2.24) is 4.90 Å². The van der Waals surface area contributed by atoms with E-state index in [4.69, 9.17) is 0 Å². The summed E-state index contributed by atoms with van der Waals surface area (Å²) >= 11 is 0. The van der Waals surface area contributed by atoms with Crippen LogP contribution >= 0.6 is 0 Å². The smallest absolute Gasteiger partial charge is 0.548 e. The molecule has 1 saturated heterocycles. The minimum Gasteiger partial charge on any atom is -0.548 e. The molecule has 0 spiro atoms. The average molecular weight is 303 g/mol. The first-order valence-corrected chi connectivity index (χ1v) is 7.78. The summed E-state index contributed by atoms with van der Waals surface area (Å²) in [5.41, 5.74) is 0. The summed E-state index contributed by atoms with van der Waals surface area (Å²) in [4.78, 5) is 24.3. The summed E-state index contributed by atoms with van der Waals surface area (Å²) < 4.78 is 0. The number of allylic oxidation sites excluding steroid dienone is 1. The van der Waals surface area contributed by atoms with Crippen LogP contribution in [0.5, 0.6) is 0 Å². The molecule has 0 aromatic heterocycles. The third kappa shape index (κ3) is 8.03. The van der Waals surface area contributed by atoms with Crippen LogP contribution in [0.25, 0.3) is 0 Å².